The minimum absolute atomic E-state index is 0.0379. The molecule has 0 bridgehead atoms. The van der Waals surface area contributed by atoms with E-state index in [2.05, 4.69) is 5.32 Å². The van der Waals surface area contributed by atoms with Crippen molar-refractivity contribution in [1.29, 1.82) is 0 Å². The molecule has 1 amide bonds. The quantitative estimate of drug-likeness (QED) is 0.686. The Hall–Kier alpha value is -2.86. The third-order valence-electron chi connectivity index (χ3n) is 4.76. The number of rotatable bonds is 4. The maximum atomic E-state index is 13.3. The number of methoxy groups -OCH3 is 2. The monoisotopic (exact) mass is 383 g/mol. The number of ether oxygens (including phenoxy) is 2. The van der Waals surface area contributed by atoms with Crippen LogP contribution in [0.2, 0.25) is 0 Å². The van der Waals surface area contributed by atoms with Crippen molar-refractivity contribution in [2.45, 2.75) is 12.3 Å². The van der Waals surface area contributed by atoms with Crippen LogP contribution in [0.15, 0.2) is 47.8 Å². The van der Waals surface area contributed by atoms with Gasteiger partial charge < -0.3 is 14.8 Å². The summed E-state index contributed by atoms with van der Waals surface area (Å²) in [7, 11) is 3.19. The highest BCUT2D eigenvalue weighted by Crippen LogP contribution is 2.47. The second kappa shape index (κ2) is 7.04. The van der Waals surface area contributed by atoms with Crippen molar-refractivity contribution in [3.8, 4) is 22.6 Å². The van der Waals surface area contributed by atoms with E-state index in [1.807, 2.05) is 23.6 Å². The van der Waals surface area contributed by atoms with Crippen molar-refractivity contribution in [3.63, 3.8) is 0 Å². The number of hydrogen-bond donors (Lipinski definition) is 1. The molecule has 4 rings (SSSR count). The first-order valence-corrected chi connectivity index (χ1v) is 9.37. The van der Waals surface area contributed by atoms with E-state index in [9.17, 15) is 9.18 Å². The molecule has 4 nitrogen and oxygen atoms in total. The fraction of sp³-hybridized carbons (Fsp3) is 0.190. The summed E-state index contributed by atoms with van der Waals surface area (Å²) in [6.07, 6.45) is 0.367. The standard InChI is InChI=1S/C21H18FNO3S/c1-25-17-8-5-13(9-18(17)26-2)15-10-19(24)23-20-16(11-27-21(15)20)12-3-6-14(22)7-4-12/h3-9,11,15H,10H2,1-2H3,(H,23,24)/t15-/m0/s1. The lowest BCUT2D eigenvalue weighted by Gasteiger charge is -2.24. The highest BCUT2D eigenvalue weighted by molar-refractivity contribution is 7.11. The van der Waals surface area contributed by atoms with E-state index in [0.29, 0.717) is 17.9 Å². The summed E-state index contributed by atoms with van der Waals surface area (Å²) >= 11 is 1.60. The first kappa shape index (κ1) is 17.5. The predicted octanol–water partition coefficient (Wildman–Crippen LogP) is 5.05. The van der Waals surface area contributed by atoms with Gasteiger partial charge in [-0.15, -0.1) is 11.3 Å². The highest BCUT2D eigenvalue weighted by atomic mass is 32.1. The molecule has 0 spiro atoms. The van der Waals surface area contributed by atoms with E-state index in [1.54, 1.807) is 37.7 Å². The number of amides is 1. The van der Waals surface area contributed by atoms with Crippen LogP contribution in [-0.2, 0) is 4.79 Å². The van der Waals surface area contributed by atoms with Crippen LogP contribution in [0, 0.1) is 5.82 Å². The average Bonchev–Trinajstić information content (AvgIpc) is 3.11. The Morgan fingerprint density at radius 1 is 1.07 bits per heavy atom. The van der Waals surface area contributed by atoms with E-state index in [0.717, 1.165) is 27.3 Å². The van der Waals surface area contributed by atoms with Crippen molar-refractivity contribution >= 4 is 22.9 Å². The zero-order valence-electron chi connectivity index (χ0n) is 14.9. The third kappa shape index (κ3) is 3.17. The van der Waals surface area contributed by atoms with Crippen LogP contribution in [0.3, 0.4) is 0 Å². The molecule has 1 N–H and O–H groups in total. The van der Waals surface area contributed by atoms with E-state index in [4.69, 9.17) is 9.47 Å². The van der Waals surface area contributed by atoms with Crippen LogP contribution in [-0.4, -0.2) is 20.1 Å². The molecule has 0 saturated carbocycles. The number of nitrogens with one attached hydrogen (secondary N) is 1. The summed E-state index contributed by atoms with van der Waals surface area (Å²) in [5, 5.41) is 5.01. The molecule has 138 valence electrons. The van der Waals surface area contributed by atoms with Crippen LogP contribution in [0.5, 0.6) is 11.5 Å². The molecule has 1 aromatic heterocycles. The number of thiophene rings is 1. The Morgan fingerprint density at radius 3 is 2.52 bits per heavy atom. The first-order chi connectivity index (χ1) is 13.1. The van der Waals surface area contributed by atoms with Gasteiger partial charge in [-0.1, -0.05) is 18.2 Å². The van der Waals surface area contributed by atoms with Crippen LogP contribution >= 0.6 is 11.3 Å². The SMILES string of the molecule is COc1ccc([C@@H]2CC(=O)Nc3c(-c4ccc(F)cc4)csc32)cc1OC. The number of fused-ring (bicyclic) bond motifs is 1. The molecule has 2 aromatic carbocycles. The fourth-order valence-corrected chi connectivity index (χ4v) is 4.57. The number of carbonyl (C=O) groups is 1. The zero-order valence-corrected chi connectivity index (χ0v) is 15.7. The van der Waals surface area contributed by atoms with Gasteiger partial charge in [0.2, 0.25) is 5.91 Å². The van der Waals surface area contributed by atoms with Gasteiger partial charge in [-0.3, -0.25) is 4.79 Å². The number of benzene rings is 2. The fourth-order valence-electron chi connectivity index (χ4n) is 3.41. The predicted molar refractivity (Wildman–Crippen MR) is 104 cm³/mol. The van der Waals surface area contributed by atoms with Gasteiger partial charge in [-0.05, 0) is 35.4 Å². The third-order valence-corrected chi connectivity index (χ3v) is 5.85. The molecule has 6 heteroatoms. The number of anilines is 1. The van der Waals surface area contributed by atoms with E-state index in [1.165, 1.54) is 12.1 Å². The van der Waals surface area contributed by atoms with Crippen LogP contribution in [0.1, 0.15) is 22.8 Å². The molecular formula is C21H18FNO3S. The Bertz CT molecular complexity index is 997. The molecule has 0 unspecified atom stereocenters. The number of carbonyl (C=O) groups excluding carboxylic acids is 1. The van der Waals surface area contributed by atoms with E-state index >= 15 is 0 Å². The van der Waals surface area contributed by atoms with Crippen LogP contribution < -0.4 is 14.8 Å². The van der Waals surface area contributed by atoms with Crippen LogP contribution in [0.4, 0.5) is 10.1 Å². The summed E-state index contributed by atoms with van der Waals surface area (Å²) in [6, 6.07) is 12.0. The Labute approximate surface area is 160 Å². The van der Waals surface area contributed by atoms with Gasteiger partial charge in [0.15, 0.2) is 11.5 Å². The largest absolute Gasteiger partial charge is 0.493 e. The number of halogens is 1. The second-order valence-corrected chi connectivity index (χ2v) is 7.23. The molecule has 1 aliphatic rings. The molecule has 2 heterocycles. The lowest BCUT2D eigenvalue weighted by atomic mass is 9.89. The molecule has 1 aliphatic heterocycles. The van der Waals surface area contributed by atoms with Crippen LogP contribution in [0.25, 0.3) is 11.1 Å². The van der Waals surface area contributed by atoms with Crippen molar-refractivity contribution in [2.24, 2.45) is 0 Å². The van der Waals surface area contributed by atoms with Gasteiger partial charge in [-0.2, -0.15) is 0 Å². The molecule has 0 aliphatic carbocycles. The smallest absolute Gasteiger partial charge is 0.225 e. The molecular weight excluding hydrogens is 365 g/mol. The van der Waals surface area contributed by atoms with Gasteiger partial charge >= 0.3 is 0 Å². The van der Waals surface area contributed by atoms with Gasteiger partial charge in [0.05, 0.1) is 19.9 Å². The minimum atomic E-state index is -0.282. The summed E-state index contributed by atoms with van der Waals surface area (Å²) < 4.78 is 24.0. The Balaban J connectivity index is 1.78. The van der Waals surface area contributed by atoms with Crippen molar-refractivity contribution < 1.29 is 18.7 Å². The van der Waals surface area contributed by atoms with Gasteiger partial charge in [0.1, 0.15) is 5.82 Å². The summed E-state index contributed by atoms with van der Waals surface area (Å²) in [6.45, 7) is 0. The summed E-state index contributed by atoms with van der Waals surface area (Å²) in [5.41, 5.74) is 3.59. The maximum Gasteiger partial charge on any atom is 0.225 e. The Morgan fingerprint density at radius 2 is 1.81 bits per heavy atom. The lowest BCUT2D eigenvalue weighted by Crippen LogP contribution is -2.22. The summed E-state index contributed by atoms with van der Waals surface area (Å²) in [5.74, 6) is 0.907. The molecule has 27 heavy (non-hydrogen) atoms. The molecule has 0 saturated heterocycles. The van der Waals surface area contributed by atoms with E-state index in [-0.39, 0.29) is 17.6 Å². The van der Waals surface area contributed by atoms with Gasteiger partial charge in [-0.25, -0.2) is 4.39 Å². The van der Waals surface area contributed by atoms with Gasteiger partial charge in [0.25, 0.3) is 0 Å². The first-order valence-electron chi connectivity index (χ1n) is 8.49. The molecule has 1 atom stereocenters. The normalized spacial score (nSPS) is 15.8. The van der Waals surface area contributed by atoms with Crippen molar-refractivity contribution in [2.75, 3.05) is 19.5 Å². The lowest BCUT2D eigenvalue weighted by molar-refractivity contribution is -0.116. The zero-order chi connectivity index (χ0) is 19.0. The topological polar surface area (TPSA) is 47.6 Å². The minimum Gasteiger partial charge on any atom is -0.493 e. The highest BCUT2D eigenvalue weighted by Gasteiger charge is 2.31. The van der Waals surface area contributed by atoms with Crippen molar-refractivity contribution in [3.05, 3.63) is 64.1 Å². The second-order valence-electron chi connectivity index (χ2n) is 6.31. The Kier molecular flexibility index (Phi) is 4.58. The number of hydrogen-bond acceptors (Lipinski definition) is 4. The molecule has 0 radical (unpaired) electrons. The van der Waals surface area contributed by atoms with Crippen molar-refractivity contribution in [1.82, 2.24) is 0 Å². The van der Waals surface area contributed by atoms with E-state index < -0.39 is 0 Å². The maximum absolute atomic E-state index is 13.3. The molecule has 3 aromatic rings. The van der Waals surface area contributed by atoms with Gasteiger partial charge in [0, 0.05) is 28.2 Å². The summed E-state index contributed by atoms with van der Waals surface area (Å²) in [4.78, 5) is 13.5. The average molecular weight is 383 g/mol. The molecule has 0 fully saturated rings.